The molecule has 4 rings (SSSR count). The number of carbonyl (C=O) groups is 1. The van der Waals surface area contributed by atoms with Crippen LogP contribution in [0, 0.1) is 11.8 Å². The number of benzene rings is 3. The molecule has 0 unspecified atom stereocenters. The zero-order valence-corrected chi connectivity index (χ0v) is 22.0. The fourth-order valence-corrected chi connectivity index (χ4v) is 9.11. The second-order valence-corrected chi connectivity index (χ2v) is 15.1. The molecule has 0 spiro atoms. The molecule has 0 amide bonds. The summed E-state index contributed by atoms with van der Waals surface area (Å²) in [6.07, 6.45) is 3.18. The number of hydrogen-bond donors (Lipinski definition) is 0. The van der Waals surface area contributed by atoms with E-state index in [0.717, 1.165) is 12.8 Å². The van der Waals surface area contributed by atoms with E-state index in [1.54, 1.807) is 0 Å². The Balaban J connectivity index is 1.59. The van der Waals surface area contributed by atoms with Gasteiger partial charge >= 0.3 is 5.97 Å². The number of rotatable bonds is 7. The third-order valence-electron chi connectivity index (χ3n) is 8.10. The molecule has 0 bridgehead atoms. The van der Waals surface area contributed by atoms with Crippen LogP contribution in [-0.4, -0.2) is 20.1 Å². The van der Waals surface area contributed by atoms with Crippen molar-refractivity contribution in [2.24, 2.45) is 11.8 Å². The highest BCUT2D eigenvalue weighted by Crippen LogP contribution is 2.43. The van der Waals surface area contributed by atoms with Crippen LogP contribution in [0.15, 0.2) is 91.0 Å². The fraction of sp³-hybridized carbons (Fsp3) is 0.387. The van der Waals surface area contributed by atoms with Gasteiger partial charge in [0, 0.05) is 12.0 Å². The van der Waals surface area contributed by atoms with Gasteiger partial charge < -0.3 is 4.74 Å². The van der Waals surface area contributed by atoms with Gasteiger partial charge in [-0.15, -0.1) is 0 Å². The first kappa shape index (κ1) is 24.5. The smallest absolute Gasteiger partial charge is 0.304 e. The van der Waals surface area contributed by atoms with E-state index in [2.05, 4.69) is 106 Å². The Morgan fingerprint density at radius 2 is 1.35 bits per heavy atom. The highest BCUT2D eigenvalue weighted by Gasteiger charge is 2.43. The second kappa shape index (κ2) is 10.3. The van der Waals surface area contributed by atoms with Crippen molar-refractivity contribution >= 4 is 24.4 Å². The van der Waals surface area contributed by atoms with E-state index >= 15 is 0 Å². The quantitative estimate of drug-likeness (QED) is 0.303. The van der Waals surface area contributed by atoms with Crippen molar-refractivity contribution in [1.82, 2.24) is 0 Å². The molecule has 0 saturated heterocycles. The Morgan fingerprint density at radius 3 is 1.88 bits per heavy atom. The SMILES string of the molecule is C[C@@H]1CC[C@@H](C(C)(C)c2ccccc2)[C@H](OC(=O)C[Si](C)(c2ccccc2)c2ccccc2)C1. The second-order valence-electron chi connectivity index (χ2n) is 10.9. The molecule has 0 radical (unpaired) electrons. The largest absolute Gasteiger partial charge is 0.462 e. The van der Waals surface area contributed by atoms with Crippen LogP contribution >= 0.6 is 0 Å². The van der Waals surface area contributed by atoms with Gasteiger partial charge in [-0.25, -0.2) is 0 Å². The maximum absolute atomic E-state index is 13.6. The minimum absolute atomic E-state index is 0.0451. The summed E-state index contributed by atoms with van der Waals surface area (Å²) in [5.74, 6) is 0.846. The van der Waals surface area contributed by atoms with Crippen LogP contribution in [0.1, 0.15) is 45.6 Å². The first-order valence-electron chi connectivity index (χ1n) is 12.7. The lowest BCUT2D eigenvalue weighted by Gasteiger charge is -2.44. The summed E-state index contributed by atoms with van der Waals surface area (Å²) in [5, 5.41) is 2.55. The highest BCUT2D eigenvalue weighted by molar-refractivity contribution is 7.02. The summed E-state index contributed by atoms with van der Waals surface area (Å²) in [4.78, 5) is 13.6. The molecule has 3 heteroatoms. The maximum atomic E-state index is 13.6. The van der Waals surface area contributed by atoms with Crippen molar-refractivity contribution in [2.75, 3.05) is 0 Å². The van der Waals surface area contributed by atoms with Crippen LogP contribution in [0.5, 0.6) is 0 Å². The van der Waals surface area contributed by atoms with Crippen LogP contribution < -0.4 is 10.4 Å². The molecule has 1 fully saturated rings. The zero-order chi connectivity index (χ0) is 24.2. The summed E-state index contributed by atoms with van der Waals surface area (Å²) in [6.45, 7) is 9.22. The average molecular weight is 471 g/mol. The maximum Gasteiger partial charge on any atom is 0.304 e. The fourth-order valence-electron chi connectivity index (χ4n) is 5.85. The van der Waals surface area contributed by atoms with Crippen LogP contribution in [-0.2, 0) is 14.9 Å². The molecule has 178 valence electrons. The lowest BCUT2D eigenvalue weighted by atomic mass is 9.64. The predicted molar refractivity (Wildman–Crippen MR) is 144 cm³/mol. The first-order valence-corrected chi connectivity index (χ1v) is 15.4. The molecule has 0 aromatic heterocycles. The summed E-state index contributed by atoms with van der Waals surface area (Å²) in [7, 11) is -2.27. The molecule has 1 aliphatic rings. The van der Waals surface area contributed by atoms with Gasteiger partial charge in [0.15, 0.2) is 0 Å². The van der Waals surface area contributed by atoms with Gasteiger partial charge in [-0.1, -0.05) is 135 Å². The van der Waals surface area contributed by atoms with Gasteiger partial charge in [-0.05, 0) is 29.7 Å². The summed E-state index contributed by atoms with van der Waals surface area (Å²) < 4.78 is 6.42. The van der Waals surface area contributed by atoms with Crippen molar-refractivity contribution in [3.05, 3.63) is 96.6 Å². The van der Waals surface area contributed by atoms with E-state index in [1.807, 2.05) is 12.1 Å². The monoisotopic (exact) mass is 470 g/mol. The molecule has 2 nitrogen and oxygen atoms in total. The molecule has 3 aromatic rings. The standard InChI is InChI=1S/C31H38O2Si/c1-24-20-21-28(31(2,3)25-14-8-5-9-15-25)29(22-24)33-30(32)23-34(4,26-16-10-6-11-17-26)27-18-12-7-13-19-27/h5-19,24,28-29H,20-23H2,1-4H3/t24-,28-,29-/m1/s1. The molecule has 3 aromatic carbocycles. The molecule has 0 aliphatic heterocycles. The third-order valence-corrected chi connectivity index (χ3v) is 12.3. The van der Waals surface area contributed by atoms with Crippen molar-refractivity contribution in [3.8, 4) is 0 Å². The van der Waals surface area contributed by atoms with Crippen LogP contribution in [0.3, 0.4) is 0 Å². The molecule has 1 saturated carbocycles. The first-order chi connectivity index (χ1) is 16.3. The van der Waals surface area contributed by atoms with Gasteiger partial charge in [0.05, 0.1) is 0 Å². The summed E-state index contributed by atoms with van der Waals surface area (Å²) in [5.41, 5.74) is 1.27. The van der Waals surface area contributed by atoms with Crippen molar-refractivity contribution < 1.29 is 9.53 Å². The lowest BCUT2D eigenvalue weighted by molar-refractivity contribution is -0.153. The van der Waals surface area contributed by atoms with Gasteiger partial charge in [0.2, 0.25) is 0 Å². The van der Waals surface area contributed by atoms with Crippen molar-refractivity contribution in [1.29, 1.82) is 0 Å². The highest BCUT2D eigenvalue weighted by atomic mass is 28.3. The molecule has 1 aliphatic carbocycles. The molecule has 34 heavy (non-hydrogen) atoms. The van der Waals surface area contributed by atoms with Crippen LogP contribution in [0.4, 0.5) is 0 Å². The molecule has 0 heterocycles. The minimum atomic E-state index is -2.27. The summed E-state index contributed by atoms with van der Waals surface area (Å²) in [6, 6.07) is 32.3. The Kier molecular flexibility index (Phi) is 7.42. The minimum Gasteiger partial charge on any atom is -0.462 e. The lowest BCUT2D eigenvalue weighted by Crippen LogP contribution is -2.57. The molecular formula is C31H38O2Si. The van der Waals surface area contributed by atoms with Crippen molar-refractivity contribution in [2.45, 2.75) is 64.1 Å². The predicted octanol–water partition coefficient (Wildman–Crippen LogP) is 6.21. The van der Waals surface area contributed by atoms with E-state index in [0.29, 0.717) is 17.9 Å². The van der Waals surface area contributed by atoms with Gasteiger partial charge in [0.1, 0.15) is 14.2 Å². The third kappa shape index (κ3) is 5.20. The van der Waals surface area contributed by atoms with E-state index < -0.39 is 8.07 Å². The number of carbonyl (C=O) groups excluding carboxylic acids is 1. The average Bonchev–Trinajstić information content (AvgIpc) is 2.85. The normalized spacial score (nSPS) is 21.1. The van der Waals surface area contributed by atoms with E-state index in [1.165, 1.54) is 22.4 Å². The molecule has 0 N–H and O–H groups in total. The van der Waals surface area contributed by atoms with E-state index in [-0.39, 0.29) is 17.5 Å². The molecule has 3 atom stereocenters. The molecular weight excluding hydrogens is 432 g/mol. The number of hydrogen-bond acceptors (Lipinski definition) is 2. The van der Waals surface area contributed by atoms with E-state index in [4.69, 9.17) is 4.74 Å². The van der Waals surface area contributed by atoms with Gasteiger partial charge in [-0.3, -0.25) is 4.79 Å². The zero-order valence-electron chi connectivity index (χ0n) is 21.0. The van der Waals surface area contributed by atoms with Gasteiger partial charge in [-0.2, -0.15) is 0 Å². The van der Waals surface area contributed by atoms with Crippen molar-refractivity contribution in [3.63, 3.8) is 0 Å². The topological polar surface area (TPSA) is 26.3 Å². The van der Waals surface area contributed by atoms with Crippen LogP contribution in [0.25, 0.3) is 0 Å². The number of esters is 1. The Hall–Kier alpha value is -2.65. The number of ether oxygens (including phenoxy) is 1. The van der Waals surface area contributed by atoms with Gasteiger partial charge in [0.25, 0.3) is 0 Å². The van der Waals surface area contributed by atoms with E-state index in [9.17, 15) is 4.79 Å². The Morgan fingerprint density at radius 1 is 0.853 bits per heavy atom. The Labute approximate surface area is 206 Å². The summed E-state index contributed by atoms with van der Waals surface area (Å²) >= 11 is 0. The Bertz CT molecular complexity index is 1020. The van der Waals surface area contributed by atoms with Crippen LogP contribution in [0.2, 0.25) is 12.6 Å².